The number of quaternary nitrogens is 1. The third-order valence-electron chi connectivity index (χ3n) is 2.46. The van der Waals surface area contributed by atoms with E-state index in [1.807, 2.05) is 14.1 Å². The molecule has 1 atom stereocenters. The lowest BCUT2D eigenvalue weighted by Crippen LogP contribution is -2.44. The maximum Gasteiger partial charge on any atom is 0.472 e. The molecule has 7 nitrogen and oxygen atoms in total. The predicted octanol–water partition coefficient (Wildman–Crippen LogP) is 0.946. The highest BCUT2D eigenvalue weighted by molar-refractivity contribution is 7.47. The van der Waals surface area contributed by atoms with Crippen LogP contribution in [-0.2, 0) is 23.1 Å². The van der Waals surface area contributed by atoms with Gasteiger partial charge in [0, 0.05) is 12.7 Å². The van der Waals surface area contributed by atoms with Gasteiger partial charge in [-0.3, -0.25) is 9.05 Å². The zero-order valence-electron chi connectivity index (χ0n) is 11.9. The standard InChI is InChI=1S/C11H22NO6P/c1-10(2)11(13)17-8-6-12(3,4)7-9-18-19(14,15)16-5/h1,6-9H2,2-5H3/p+1. The van der Waals surface area contributed by atoms with E-state index in [4.69, 9.17) is 14.2 Å². The quantitative estimate of drug-likeness (QED) is 0.295. The number of esters is 1. The lowest BCUT2D eigenvalue weighted by molar-refractivity contribution is -0.890. The molecule has 0 bridgehead atoms. The van der Waals surface area contributed by atoms with Crippen molar-refractivity contribution < 1.29 is 32.5 Å². The first kappa shape index (κ1) is 18.3. The van der Waals surface area contributed by atoms with Gasteiger partial charge in [-0.05, 0) is 6.92 Å². The van der Waals surface area contributed by atoms with E-state index < -0.39 is 13.8 Å². The van der Waals surface area contributed by atoms with Crippen molar-refractivity contribution in [2.45, 2.75) is 6.92 Å². The van der Waals surface area contributed by atoms with Crippen LogP contribution in [0.25, 0.3) is 0 Å². The summed E-state index contributed by atoms with van der Waals surface area (Å²) in [6.45, 7) is 6.43. The van der Waals surface area contributed by atoms with Gasteiger partial charge in [-0.25, -0.2) is 9.36 Å². The summed E-state index contributed by atoms with van der Waals surface area (Å²) >= 11 is 0. The minimum Gasteiger partial charge on any atom is -0.456 e. The Labute approximate surface area is 114 Å². The van der Waals surface area contributed by atoms with Gasteiger partial charge in [-0.15, -0.1) is 0 Å². The van der Waals surface area contributed by atoms with Crippen molar-refractivity contribution >= 4 is 13.8 Å². The summed E-state index contributed by atoms with van der Waals surface area (Å²) in [6.07, 6.45) is 0. The van der Waals surface area contributed by atoms with E-state index in [0.29, 0.717) is 23.1 Å². The van der Waals surface area contributed by atoms with Crippen molar-refractivity contribution in [2.75, 3.05) is 47.5 Å². The van der Waals surface area contributed by atoms with Crippen LogP contribution in [0.3, 0.4) is 0 Å². The number of ether oxygens (including phenoxy) is 1. The summed E-state index contributed by atoms with van der Waals surface area (Å²) in [7, 11) is 0.980. The monoisotopic (exact) mass is 296 g/mol. The van der Waals surface area contributed by atoms with E-state index in [9.17, 15) is 9.36 Å². The van der Waals surface area contributed by atoms with Gasteiger partial charge in [-0.2, -0.15) is 0 Å². The molecule has 0 saturated heterocycles. The van der Waals surface area contributed by atoms with Gasteiger partial charge in [-0.1, -0.05) is 6.58 Å². The Morgan fingerprint density at radius 2 is 1.84 bits per heavy atom. The smallest absolute Gasteiger partial charge is 0.456 e. The molecule has 0 aromatic rings. The number of hydrogen-bond acceptors (Lipinski definition) is 5. The number of carbonyl (C=O) groups excluding carboxylic acids is 1. The van der Waals surface area contributed by atoms with Gasteiger partial charge in [0.2, 0.25) is 0 Å². The largest absolute Gasteiger partial charge is 0.472 e. The minimum atomic E-state index is -3.92. The number of carbonyl (C=O) groups is 1. The third kappa shape index (κ3) is 8.91. The van der Waals surface area contributed by atoms with Crippen molar-refractivity contribution in [1.29, 1.82) is 0 Å². The van der Waals surface area contributed by atoms with Gasteiger partial charge in [0.1, 0.15) is 26.3 Å². The topological polar surface area (TPSA) is 82.1 Å². The Bertz CT molecular complexity index is 368. The van der Waals surface area contributed by atoms with Crippen molar-refractivity contribution in [3.05, 3.63) is 12.2 Å². The third-order valence-corrected chi connectivity index (χ3v) is 3.43. The number of likely N-dealkylation sites (N-methyl/N-ethyl adjacent to an activating group) is 1. The molecular weight excluding hydrogens is 273 g/mol. The summed E-state index contributed by atoms with van der Waals surface area (Å²) in [5.41, 5.74) is 0.356. The molecule has 0 amide bonds. The Morgan fingerprint density at radius 1 is 1.32 bits per heavy atom. The normalized spacial score (nSPS) is 14.8. The number of rotatable bonds is 9. The van der Waals surface area contributed by atoms with Gasteiger partial charge in [0.15, 0.2) is 0 Å². The average molecular weight is 296 g/mol. The van der Waals surface area contributed by atoms with Crippen molar-refractivity contribution in [1.82, 2.24) is 0 Å². The lowest BCUT2D eigenvalue weighted by Gasteiger charge is -2.29. The van der Waals surface area contributed by atoms with Gasteiger partial charge in [0.25, 0.3) is 0 Å². The van der Waals surface area contributed by atoms with Gasteiger partial charge < -0.3 is 14.1 Å². The number of phosphoric acid groups is 1. The fourth-order valence-electron chi connectivity index (χ4n) is 1.08. The van der Waals surface area contributed by atoms with E-state index in [-0.39, 0.29) is 13.2 Å². The summed E-state index contributed by atoms with van der Waals surface area (Å²) in [4.78, 5) is 20.2. The zero-order valence-corrected chi connectivity index (χ0v) is 12.8. The highest BCUT2D eigenvalue weighted by Gasteiger charge is 2.22. The zero-order chi connectivity index (χ0) is 15.1. The first-order valence-corrected chi connectivity index (χ1v) is 7.27. The maximum atomic E-state index is 11.2. The molecule has 0 aromatic carbocycles. The fourth-order valence-corrected chi connectivity index (χ4v) is 1.49. The molecule has 0 rings (SSSR count). The molecular formula is C11H23NO6P+. The summed E-state index contributed by atoms with van der Waals surface area (Å²) < 4.78 is 25.6. The van der Waals surface area contributed by atoms with Crippen molar-refractivity contribution in [2.24, 2.45) is 0 Å². The van der Waals surface area contributed by atoms with E-state index in [0.717, 1.165) is 7.11 Å². The van der Waals surface area contributed by atoms with Crippen LogP contribution in [0.2, 0.25) is 0 Å². The number of nitrogens with zero attached hydrogens (tertiary/aromatic N) is 1. The second-order valence-electron chi connectivity index (χ2n) is 4.78. The molecule has 112 valence electrons. The Kier molecular flexibility index (Phi) is 7.47. The predicted molar refractivity (Wildman–Crippen MR) is 70.4 cm³/mol. The van der Waals surface area contributed by atoms with Crippen LogP contribution in [0.1, 0.15) is 6.92 Å². The Morgan fingerprint density at radius 3 is 2.32 bits per heavy atom. The minimum absolute atomic E-state index is 0.0725. The molecule has 0 spiro atoms. The molecule has 0 aliphatic rings. The number of hydrogen-bond donors (Lipinski definition) is 1. The molecule has 0 aromatic heterocycles. The highest BCUT2D eigenvalue weighted by Crippen LogP contribution is 2.41. The summed E-state index contributed by atoms with van der Waals surface area (Å²) in [5.74, 6) is -0.421. The number of phosphoric ester groups is 1. The van der Waals surface area contributed by atoms with E-state index in [2.05, 4.69) is 11.1 Å². The van der Waals surface area contributed by atoms with Crippen molar-refractivity contribution in [3.63, 3.8) is 0 Å². The summed E-state index contributed by atoms with van der Waals surface area (Å²) in [6, 6.07) is 0. The first-order valence-electron chi connectivity index (χ1n) is 5.77. The van der Waals surface area contributed by atoms with E-state index in [1.165, 1.54) is 0 Å². The van der Waals surface area contributed by atoms with Crippen molar-refractivity contribution in [3.8, 4) is 0 Å². The molecule has 1 N–H and O–H groups in total. The van der Waals surface area contributed by atoms with E-state index in [1.54, 1.807) is 6.92 Å². The second kappa shape index (κ2) is 7.77. The van der Waals surface area contributed by atoms with Gasteiger partial charge >= 0.3 is 13.8 Å². The molecule has 0 radical (unpaired) electrons. The molecule has 19 heavy (non-hydrogen) atoms. The van der Waals surface area contributed by atoms with Crippen LogP contribution in [0.4, 0.5) is 0 Å². The molecule has 1 unspecified atom stereocenters. The summed E-state index contributed by atoms with van der Waals surface area (Å²) in [5, 5.41) is 0. The van der Waals surface area contributed by atoms with Crippen LogP contribution in [-0.4, -0.2) is 62.9 Å². The molecule has 0 aliphatic carbocycles. The van der Waals surface area contributed by atoms with Gasteiger partial charge in [0.05, 0.1) is 14.1 Å². The Hall–Kier alpha value is -0.720. The maximum absolute atomic E-state index is 11.2. The first-order chi connectivity index (χ1) is 8.59. The average Bonchev–Trinajstić information content (AvgIpc) is 2.27. The SMILES string of the molecule is C=C(C)C(=O)OCC[N+](C)(C)CCOP(=O)(O)OC. The second-order valence-corrected chi connectivity index (χ2v) is 6.34. The molecule has 0 heterocycles. The van der Waals surface area contributed by atoms with Crippen LogP contribution in [0.15, 0.2) is 12.2 Å². The van der Waals surface area contributed by atoms with Crippen LogP contribution in [0.5, 0.6) is 0 Å². The van der Waals surface area contributed by atoms with Crippen LogP contribution >= 0.6 is 7.82 Å². The van der Waals surface area contributed by atoms with E-state index >= 15 is 0 Å². The highest BCUT2D eigenvalue weighted by atomic mass is 31.2. The molecule has 0 aliphatic heterocycles. The molecule has 0 saturated carbocycles. The fraction of sp³-hybridized carbons (Fsp3) is 0.727. The van der Waals surface area contributed by atoms with Crippen LogP contribution < -0.4 is 0 Å². The Balaban J connectivity index is 3.96. The molecule has 0 fully saturated rings. The van der Waals surface area contributed by atoms with Crippen LogP contribution in [0, 0.1) is 0 Å². The molecule has 8 heteroatoms. The lowest BCUT2D eigenvalue weighted by atomic mass is 10.4.